The van der Waals surface area contributed by atoms with Crippen LogP contribution in [0.25, 0.3) is 0 Å². The minimum atomic E-state index is -0.971. The van der Waals surface area contributed by atoms with Crippen LogP contribution in [0, 0.1) is 11.6 Å². The second-order valence-corrected chi connectivity index (χ2v) is 12.2. The maximum absolute atomic E-state index is 13.7. The van der Waals surface area contributed by atoms with Gasteiger partial charge in [-0.25, -0.2) is 8.78 Å². The van der Waals surface area contributed by atoms with E-state index in [2.05, 4.69) is 35.8 Å². The number of aliphatic hydroxyl groups is 1. The van der Waals surface area contributed by atoms with Crippen LogP contribution in [0.15, 0.2) is 42.5 Å². The molecule has 0 aromatic heterocycles. The monoisotopic (exact) mass is 538 g/mol. The van der Waals surface area contributed by atoms with Gasteiger partial charge < -0.3 is 15.7 Å². The zero-order valence-electron chi connectivity index (χ0n) is 20.7. The van der Waals surface area contributed by atoms with E-state index >= 15 is 0 Å². The first-order valence-electron chi connectivity index (χ1n) is 12.6. The smallest absolute Gasteiger partial charge is 0.217 e. The summed E-state index contributed by atoms with van der Waals surface area (Å²) in [4.78, 5) is 11.9. The fraction of sp³-hybridized carbons (Fsp3) is 0.536. The Morgan fingerprint density at radius 1 is 1.06 bits per heavy atom. The van der Waals surface area contributed by atoms with Crippen molar-refractivity contribution < 1.29 is 18.7 Å². The molecule has 3 atom stereocenters. The minimum Gasteiger partial charge on any atom is -0.390 e. The van der Waals surface area contributed by atoms with E-state index in [1.165, 1.54) is 19.1 Å². The molecule has 36 heavy (non-hydrogen) atoms. The number of amides is 1. The Hall–Kier alpha value is -1.73. The average Bonchev–Trinajstić information content (AvgIpc) is 3.35. The van der Waals surface area contributed by atoms with E-state index < -0.39 is 28.1 Å². The molecule has 3 N–H and O–H groups in total. The highest BCUT2D eigenvalue weighted by Gasteiger charge is 2.63. The lowest BCUT2D eigenvalue weighted by Gasteiger charge is -2.40. The molecular formula is C28H34Cl2F2N2O2. The van der Waals surface area contributed by atoms with Gasteiger partial charge >= 0.3 is 0 Å². The number of nitrogens with one attached hydrogen (secondary N) is 2. The molecule has 4 rings (SSSR count). The van der Waals surface area contributed by atoms with E-state index in [0.29, 0.717) is 12.0 Å². The van der Waals surface area contributed by atoms with Crippen LogP contribution >= 0.6 is 23.2 Å². The van der Waals surface area contributed by atoms with Gasteiger partial charge in [0.1, 0.15) is 16.0 Å². The number of rotatable bonds is 9. The predicted octanol–water partition coefficient (Wildman–Crippen LogP) is 5.66. The van der Waals surface area contributed by atoms with E-state index in [-0.39, 0.29) is 29.8 Å². The van der Waals surface area contributed by atoms with Crippen molar-refractivity contribution in [2.45, 2.75) is 86.2 Å². The van der Waals surface area contributed by atoms with E-state index in [4.69, 9.17) is 23.2 Å². The first-order valence-corrected chi connectivity index (χ1v) is 13.3. The quantitative estimate of drug-likeness (QED) is 0.361. The summed E-state index contributed by atoms with van der Waals surface area (Å²) < 4.78 is 26.7. The highest BCUT2D eigenvalue weighted by atomic mass is 35.5. The molecule has 8 heteroatoms. The molecule has 2 aromatic rings. The van der Waals surface area contributed by atoms with Crippen molar-refractivity contribution in [2.75, 3.05) is 6.54 Å². The van der Waals surface area contributed by atoms with Crippen molar-refractivity contribution in [3.8, 4) is 0 Å². The van der Waals surface area contributed by atoms with Gasteiger partial charge in [-0.1, -0.05) is 50.5 Å². The van der Waals surface area contributed by atoms with Crippen LogP contribution in [0.1, 0.15) is 69.1 Å². The number of hydrogen-bond donors (Lipinski definition) is 3. The Bertz CT molecular complexity index is 1090. The van der Waals surface area contributed by atoms with Crippen molar-refractivity contribution in [3.05, 3.63) is 70.8 Å². The highest BCUT2D eigenvalue weighted by Crippen LogP contribution is 2.64. The molecule has 0 aliphatic heterocycles. The van der Waals surface area contributed by atoms with Crippen molar-refractivity contribution >= 4 is 29.1 Å². The molecule has 2 fully saturated rings. The standard InChI is InChI=1S/C28H34Cl2F2N2O2/c1-18(35)34-24(13-19-11-22(31)15-23(32)12-19)25(36)16-33-27(9-4-3-5-10-27)21-8-6-7-20(14-21)26(2)17-28(26,29)30/h6-8,11-12,14-15,24-25,33,36H,3-5,9-10,13,16-17H2,1-2H3,(H,34,35)/t24-,25+,26?/m0/s1. The molecule has 0 radical (unpaired) electrons. The zero-order valence-corrected chi connectivity index (χ0v) is 22.2. The molecule has 0 bridgehead atoms. The zero-order chi connectivity index (χ0) is 26.1. The van der Waals surface area contributed by atoms with Crippen molar-refractivity contribution in [3.63, 3.8) is 0 Å². The molecule has 2 aromatic carbocycles. The van der Waals surface area contributed by atoms with Gasteiger partial charge in [0.25, 0.3) is 0 Å². The Morgan fingerprint density at radius 2 is 1.67 bits per heavy atom. The molecular weight excluding hydrogens is 505 g/mol. The molecule has 196 valence electrons. The van der Waals surface area contributed by atoms with E-state index in [9.17, 15) is 18.7 Å². The number of carbonyl (C=O) groups is 1. The summed E-state index contributed by atoms with van der Waals surface area (Å²) in [5.74, 6) is -1.70. The maximum Gasteiger partial charge on any atom is 0.217 e. The van der Waals surface area contributed by atoms with Gasteiger partial charge in [0.2, 0.25) is 5.91 Å². The van der Waals surface area contributed by atoms with Crippen LogP contribution in [-0.2, 0) is 22.2 Å². The van der Waals surface area contributed by atoms with Crippen LogP contribution in [0.3, 0.4) is 0 Å². The van der Waals surface area contributed by atoms with Crippen LogP contribution in [0.4, 0.5) is 8.78 Å². The molecule has 2 aliphatic carbocycles. The number of alkyl halides is 2. The molecule has 0 heterocycles. The fourth-order valence-electron chi connectivity index (χ4n) is 5.57. The second kappa shape index (κ2) is 10.6. The van der Waals surface area contributed by atoms with Gasteiger partial charge in [0.05, 0.1) is 12.1 Å². The number of hydrogen-bond acceptors (Lipinski definition) is 3. The highest BCUT2D eigenvalue weighted by molar-refractivity contribution is 6.52. The van der Waals surface area contributed by atoms with Crippen LogP contribution in [0.5, 0.6) is 0 Å². The predicted molar refractivity (Wildman–Crippen MR) is 139 cm³/mol. The van der Waals surface area contributed by atoms with Crippen molar-refractivity contribution in [2.24, 2.45) is 0 Å². The van der Waals surface area contributed by atoms with E-state index in [1.54, 1.807) is 0 Å². The topological polar surface area (TPSA) is 61.4 Å². The van der Waals surface area contributed by atoms with Gasteiger partial charge in [-0.2, -0.15) is 0 Å². The van der Waals surface area contributed by atoms with Gasteiger partial charge in [-0.05, 0) is 54.5 Å². The lowest BCUT2D eigenvalue weighted by molar-refractivity contribution is -0.120. The second-order valence-electron chi connectivity index (χ2n) is 10.7. The molecule has 1 unspecified atom stereocenters. The summed E-state index contributed by atoms with van der Waals surface area (Å²) >= 11 is 12.9. The third-order valence-corrected chi connectivity index (χ3v) is 9.00. The van der Waals surface area contributed by atoms with Crippen molar-refractivity contribution in [1.82, 2.24) is 10.6 Å². The van der Waals surface area contributed by atoms with Crippen LogP contribution in [-0.4, -0.2) is 34.0 Å². The molecule has 2 aliphatic rings. The summed E-state index contributed by atoms with van der Waals surface area (Å²) in [5.41, 5.74) is 1.97. The van der Waals surface area contributed by atoms with Crippen molar-refractivity contribution in [1.29, 1.82) is 0 Å². The average molecular weight is 539 g/mol. The first kappa shape index (κ1) is 27.3. The number of benzene rings is 2. The summed E-state index contributed by atoms with van der Waals surface area (Å²) in [7, 11) is 0. The summed E-state index contributed by atoms with van der Waals surface area (Å²) in [6.45, 7) is 3.64. The fourth-order valence-corrected chi connectivity index (χ4v) is 6.32. The molecule has 1 amide bonds. The maximum atomic E-state index is 13.7. The minimum absolute atomic E-state index is 0.103. The van der Waals surface area contributed by atoms with E-state index in [1.807, 2.05) is 6.07 Å². The van der Waals surface area contributed by atoms with Gasteiger partial charge in [-0.3, -0.25) is 4.79 Å². The SMILES string of the molecule is CC(=O)N[C@@H](Cc1cc(F)cc(F)c1)[C@H](O)CNC1(c2cccc(C3(C)CC3(Cl)Cl)c2)CCCCC1. The Balaban J connectivity index is 1.53. The molecule has 0 spiro atoms. The first-order chi connectivity index (χ1) is 16.9. The lowest BCUT2D eigenvalue weighted by Crippen LogP contribution is -2.53. The van der Waals surface area contributed by atoms with Gasteiger partial charge in [0.15, 0.2) is 0 Å². The van der Waals surface area contributed by atoms with E-state index in [0.717, 1.165) is 49.3 Å². The normalized spacial score (nSPS) is 24.1. The summed E-state index contributed by atoms with van der Waals surface area (Å²) in [6.07, 6.45) is 4.90. The van der Waals surface area contributed by atoms with Gasteiger partial charge in [0, 0.05) is 30.5 Å². The lowest BCUT2D eigenvalue weighted by atomic mass is 9.75. The summed E-state index contributed by atoms with van der Waals surface area (Å²) in [5, 5.41) is 17.5. The van der Waals surface area contributed by atoms with Crippen LogP contribution in [0.2, 0.25) is 0 Å². The number of aliphatic hydroxyl groups excluding tert-OH is 1. The Labute approximate surface area is 221 Å². The number of halogens is 4. The largest absolute Gasteiger partial charge is 0.390 e. The summed E-state index contributed by atoms with van der Waals surface area (Å²) in [6, 6.07) is 10.9. The van der Waals surface area contributed by atoms with Crippen LogP contribution < -0.4 is 10.6 Å². The number of carbonyl (C=O) groups excluding carboxylic acids is 1. The molecule has 0 saturated heterocycles. The van der Waals surface area contributed by atoms with Gasteiger partial charge in [-0.15, -0.1) is 23.2 Å². The molecule has 2 saturated carbocycles. The third kappa shape index (κ3) is 5.88. The Kier molecular flexibility index (Phi) is 8.01. The Morgan fingerprint density at radius 3 is 2.25 bits per heavy atom. The molecule has 4 nitrogen and oxygen atoms in total. The third-order valence-electron chi connectivity index (χ3n) is 7.90.